The summed E-state index contributed by atoms with van der Waals surface area (Å²) >= 11 is 3.18. The summed E-state index contributed by atoms with van der Waals surface area (Å²) in [4.78, 5) is 11.2. The van der Waals surface area contributed by atoms with Gasteiger partial charge in [-0.15, -0.1) is 116 Å². The van der Waals surface area contributed by atoms with Gasteiger partial charge in [0.1, 0.15) is 0 Å². The number of halogens is 1. The van der Waals surface area contributed by atoms with Crippen LogP contribution in [0.15, 0.2) is 27.6 Å². The molecule has 16 unspecified atom stereocenters. The van der Waals surface area contributed by atoms with Crippen molar-refractivity contribution in [1.29, 1.82) is 0 Å². The largest absolute Gasteiger partial charge is 0.481 e. The molecule has 0 aliphatic carbocycles. The van der Waals surface area contributed by atoms with Crippen LogP contribution in [0.4, 0.5) is 0 Å². The Bertz CT molecular complexity index is 1070. The monoisotopic (exact) mass is 1120 g/mol. The van der Waals surface area contributed by atoms with Crippen molar-refractivity contribution >= 4 is 233 Å². The standard InChI is InChI=1S/C11H13BrO4S.H27P25/c1-11(2,10(13)14)8-5-4-7(12)6-9(8)17(3,15)16;1-14-21(15(2)3)24(20(12)13)25(22(16(4)5)17(6)7)23(18(8)9)19(10)11/h4-6H,1-3H3,(H,13,14);14H,1-13H2. The highest BCUT2D eigenvalue weighted by Gasteiger charge is 2.46. The molecule has 1 rings (SSSR count). The van der Waals surface area contributed by atoms with Crippen LogP contribution in [0, 0.1) is 0 Å². The smallest absolute Gasteiger partial charge is 0.313 e. The van der Waals surface area contributed by atoms with Gasteiger partial charge in [-0.25, -0.2) is 8.42 Å². The van der Waals surface area contributed by atoms with E-state index in [2.05, 4.69) is 132 Å². The Hall–Kier alpha value is 9.87. The highest BCUT2D eigenvalue weighted by molar-refractivity contribution is 9.40. The Morgan fingerprint density at radius 1 is 0.762 bits per heavy atom. The van der Waals surface area contributed by atoms with Crippen molar-refractivity contribution in [2.24, 2.45) is 0 Å². The summed E-state index contributed by atoms with van der Waals surface area (Å²) in [6.07, 6.45) is 1.07. The first kappa shape index (κ1) is 51.9. The Balaban J connectivity index is 0.000000858. The van der Waals surface area contributed by atoms with Gasteiger partial charge in [0, 0.05) is 10.7 Å². The van der Waals surface area contributed by atoms with Crippen LogP contribution in [0.3, 0.4) is 0 Å². The van der Waals surface area contributed by atoms with Gasteiger partial charge in [0.05, 0.1) is 10.3 Å². The highest BCUT2D eigenvalue weighted by atomic mass is 79.9. The maximum absolute atomic E-state index is 11.7. The van der Waals surface area contributed by atoms with Crippen molar-refractivity contribution in [3.05, 3.63) is 28.2 Å². The zero-order valence-electron chi connectivity index (χ0n) is 22.6. The number of hydrogen-bond acceptors (Lipinski definition) is 3. The predicted molar refractivity (Wildman–Crippen MR) is 279 cm³/mol. The number of benzene rings is 1. The number of aliphatic carboxylic acids is 1. The van der Waals surface area contributed by atoms with Crippen molar-refractivity contribution in [2.45, 2.75) is 24.2 Å². The summed E-state index contributed by atoms with van der Waals surface area (Å²) < 4.78 is 23.9. The number of carbonyl (C=O) groups is 1. The molecule has 0 saturated carbocycles. The van der Waals surface area contributed by atoms with Crippen LogP contribution in [0.5, 0.6) is 0 Å². The van der Waals surface area contributed by atoms with Crippen LogP contribution in [0.25, 0.3) is 0 Å². The Kier molecular flexibility index (Phi) is 31.1. The lowest BCUT2D eigenvalue weighted by Gasteiger charge is -2.49. The van der Waals surface area contributed by atoms with E-state index < -0.39 is 21.2 Å². The molecule has 4 nitrogen and oxygen atoms in total. The number of sulfone groups is 1. The van der Waals surface area contributed by atoms with Gasteiger partial charge in [0.25, 0.3) is 0 Å². The molecule has 0 aliphatic rings. The fourth-order valence-corrected chi connectivity index (χ4v) is 319. The molecule has 0 radical (unpaired) electrons. The molecule has 31 heteroatoms. The van der Waals surface area contributed by atoms with Crippen LogP contribution in [-0.2, 0) is 20.0 Å². The Labute approximate surface area is 306 Å². The Morgan fingerprint density at radius 2 is 1.14 bits per heavy atom. The quantitative estimate of drug-likeness (QED) is 0.188. The normalized spacial score (nSPS) is 14.9. The molecule has 0 aromatic heterocycles. The molecule has 0 saturated heterocycles. The average molecular weight is 1120 g/mol. The summed E-state index contributed by atoms with van der Waals surface area (Å²) in [6, 6.07) is 4.58. The minimum Gasteiger partial charge on any atom is -0.481 e. The molecule has 0 bridgehead atoms. The van der Waals surface area contributed by atoms with Crippen LogP contribution in [-0.4, -0.2) is 25.7 Å². The van der Waals surface area contributed by atoms with E-state index in [0.717, 1.165) is 14.2 Å². The maximum atomic E-state index is 11.7. The third-order valence-corrected chi connectivity index (χ3v) is 168. The first-order valence-electron chi connectivity index (χ1n) is 10.4. The van der Waals surface area contributed by atoms with Crippen LogP contribution in [0.2, 0.25) is 0 Å². The van der Waals surface area contributed by atoms with E-state index in [0.29, 0.717) is 4.47 Å². The predicted octanol–water partition coefficient (Wildman–Crippen LogP) is 16.5. The van der Waals surface area contributed by atoms with Crippen molar-refractivity contribution in [3.63, 3.8) is 0 Å². The number of hydrogen-bond donors (Lipinski definition) is 1. The molecular weight excluding hydrogens is 1080 g/mol. The number of carboxylic acid groups (broad SMARTS) is 1. The molecule has 0 aliphatic heterocycles. The second kappa shape index (κ2) is 25.2. The fraction of sp³-hybridized carbons (Fsp3) is 0.364. The zero-order chi connectivity index (χ0) is 33.5. The Morgan fingerprint density at radius 3 is 1.40 bits per heavy atom. The average Bonchev–Trinajstić information content (AvgIpc) is 2.80. The number of rotatable bonds is 14. The summed E-state index contributed by atoms with van der Waals surface area (Å²) in [5.41, 5.74) is -0.963. The number of carboxylic acids is 1. The molecule has 0 fully saturated rings. The molecule has 1 aromatic rings. The summed E-state index contributed by atoms with van der Waals surface area (Å²) in [6.45, 7) is 3.51. The topological polar surface area (TPSA) is 71.4 Å². The molecule has 0 spiro atoms. The lowest BCUT2D eigenvalue weighted by molar-refractivity contribution is -0.142. The van der Waals surface area contributed by atoms with E-state index in [1.54, 1.807) is 6.07 Å². The zero-order valence-corrected chi connectivity index (χ0v) is 50.9. The van der Waals surface area contributed by atoms with E-state index in [9.17, 15) is 13.2 Å². The van der Waals surface area contributed by atoms with Gasteiger partial charge in [0.2, 0.25) is 0 Å². The summed E-state index contributed by atoms with van der Waals surface area (Å²) in [7, 11) is 39.5. The molecule has 1 N–H and O–H groups in total. The molecule has 0 heterocycles. The first-order valence-corrected chi connectivity index (χ1v) is 58.0. The second-order valence-electron chi connectivity index (χ2n) is 8.11. The van der Waals surface area contributed by atoms with Crippen LogP contribution in [0.1, 0.15) is 19.4 Å². The van der Waals surface area contributed by atoms with Crippen molar-refractivity contribution in [1.82, 2.24) is 0 Å². The minimum atomic E-state index is -3.47. The maximum Gasteiger partial charge on any atom is 0.313 e. The van der Waals surface area contributed by atoms with Crippen LogP contribution < -0.4 is 0 Å². The van der Waals surface area contributed by atoms with E-state index in [4.69, 9.17) is 5.11 Å². The van der Waals surface area contributed by atoms with Crippen molar-refractivity contribution < 1.29 is 18.3 Å². The third kappa shape index (κ3) is 17.3. The first-order chi connectivity index (χ1) is 18.9. The summed E-state index contributed by atoms with van der Waals surface area (Å²) in [5.74, 6) is -1.07. The molecule has 16 atom stereocenters. The molecule has 0 amide bonds. The summed E-state index contributed by atoms with van der Waals surface area (Å²) in [5, 5.41) is 9.15. The second-order valence-corrected chi connectivity index (χ2v) is 109. The molecule has 1 aromatic carbocycles. The third-order valence-electron chi connectivity index (χ3n) is 4.57. The van der Waals surface area contributed by atoms with Gasteiger partial charge in [0.15, 0.2) is 9.84 Å². The van der Waals surface area contributed by atoms with Gasteiger partial charge in [-0.2, -0.15) is 0 Å². The van der Waals surface area contributed by atoms with E-state index in [-0.39, 0.29) is 87.3 Å². The molecular formula is C11H40BrO4P25S. The van der Waals surface area contributed by atoms with Gasteiger partial charge >= 0.3 is 5.97 Å². The minimum absolute atomic E-state index is 0.00618. The fourth-order valence-electron chi connectivity index (χ4n) is 2.73. The lowest BCUT2D eigenvalue weighted by Crippen LogP contribution is -2.30. The van der Waals surface area contributed by atoms with Gasteiger partial charge < -0.3 is 5.11 Å². The van der Waals surface area contributed by atoms with Crippen molar-refractivity contribution in [3.8, 4) is 0 Å². The van der Waals surface area contributed by atoms with Gasteiger partial charge in [-0.05, 0) is 108 Å². The SMILES string of the molecule is CC(C)(C(=O)O)c1ccc(Br)cc1S(C)(=O)=O.PPP(P(P)P)P(P(P)P)P(P(P(P)P)P(P)P)P(P(P)P)P(P)P. The van der Waals surface area contributed by atoms with Gasteiger partial charge in [-0.3, -0.25) is 4.79 Å². The molecule has 246 valence electrons. The van der Waals surface area contributed by atoms with Crippen LogP contribution >= 0.6 is 217 Å². The lowest BCUT2D eigenvalue weighted by atomic mass is 9.85. The molecule has 42 heavy (non-hydrogen) atoms. The highest BCUT2D eigenvalue weighted by Crippen LogP contribution is 3.34. The van der Waals surface area contributed by atoms with Crippen molar-refractivity contribution in [2.75, 3.05) is 6.26 Å². The van der Waals surface area contributed by atoms with Gasteiger partial charge in [-0.1, -0.05) is 30.0 Å². The van der Waals surface area contributed by atoms with E-state index in [1.165, 1.54) is 26.0 Å². The van der Waals surface area contributed by atoms with E-state index >= 15 is 0 Å². The van der Waals surface area contributed by atoms with E-state index in [1.807, 2.05) is 0 Å².